The average molecular weight is 398 g/mol. The number of rotatable bonds is 9. The van der Waals surface area contributed by atoms with E-state index in [2.05, 4.69) is 31.4 Å². The smallest absolute Gasteiger partial charge is 0.226 e. The molecule has 0 saturated carbocycles. The summed E-state index contributed by atoms with van der Waals surface area (Å²) in [7, 11) is 0. The lowest BCUT2D eigenvalue weighted by Crippen LogP contribution is -2.27. The van der Waals surface area contributed by atoms with Crippen molar-refractivity contribution in [3.8, 4) is 5.75 Å². The molecule has 0 fully saturated rings. The molecule has 7 heteroatoms. The maximum atomic E-state index is 11.7. The number of aromatic nitrogens is 2. The number of aromatic amines is 1. The first-order chi connectivity index (χ1) is 11.1. The van der Waals surface area contributed by atoms with Gasteiger partial charge in [-0.2, -0.15) is 16.9 Å². The summed E-state index contributed by atoms with van der Waals surface area (Å²) in [5.74, 6) is 2.62. The fraction of sp³-hybridized carbons (Fsp3) is 0.375. The van der Waals surface area contributed by atoms with Crippen molar-refractivity contribution in [2.45, 2.75) is 13.3 Å². The Labute approximate surface area is 148 Å². The zero-order valence-corrected chi connectivity index (χ0v) is 15.4. The summed E-state index contributed by atoms with van der Waals surface area (Å²) in [5, 5.41) is 9.77. The highest BCUT2D eigenvalue weighted by Crippen LogP contribution is 2.17. The lowest BCUT2D eigenvalue weighted by molar-refractivity contribution is -0.120. The van der Waals surface area contributed by atoms with Crippen LogP contribution in [0.4, 0.5) is 0 Å². The molecule has 23 heavy (non-hydrogen) atoms. The second-order valence-corrected chi connectivity index (χ2v) is 7.13. The maximum absolute atomic E-state index is 11.7. The number of hydrogen-bond acceptors (Lipinski definition) is 4. The van der Waals surface area contributed by atoms with E-state index >= 15 is 0 Å². The molecule has 124 valence electrons. The van der Waals surface area contributed by atoms with Crippen molar-refractivity contribution in [2.24, 2.45) is 0 Å². The van der Waals surface area contributed by atoms with Gasteiger partial charge in [-0.3, -0.25) is 9.89 Å². The van der Waals surface area contributed by atoms with Crippen LogP contribution in [0.15, 0.2) is 34.8 Å². The molecule has 2 N–H and O–H groups in total. The number of nitrogens with one attached hydrogen (secondary N) is 2. The average Bonchev–Trinajstić information content (AvgIpc) is 2.91. The van der Waals surface area contributed by atoms with Gasteiger partial charge in [-0.15, -0.1) is 0 Å². The van der Waals surface area contributed by atoms with Crippen LogP contribution < -0.4 is 10.1 Å². The number of thioether (sulfide) groups is 1. The van der Waals surface area contributed by atoms with Gasteiger partial charge in [-0.1, -0.05) is 22.0 Å². The molecule has 1 aromatic heterocycles. The van der Waals surface area contributed by atoms with E-state index in [0.717, 1.165) is 33.1 Å². The Morgan fingerprint density at radius 3 is 3.00 bits per heavy atom. The van der Waals surface area contributed by atoms with Crippen molar-refractivity contribution in [2.75, 3.05) is 24.7 Å². The van der Waals surface area contributed by atoms with E-state index in [4.69, 9.17) is 4.74 Å². The number of carbonyl (C=O) groups is 1. The van der Waals surface area contributed by atoms with Crippen LogP contribution in [-0.2, 0) is 11.2 Å². The minimum absolute atomic E-state index is 0.00230. The Bertz CT molecular complexity index is 633. The molecule has 0 radical (unpaired) electrons. The molecule has 0 bridgehead atoms. The van der Waals surface area contributed by atoms with Crippen molar-refractivity contribution >= 4 is 33.6 Å². The lowest BCUT2D eigenvalue weighted by Gasteiger charge is -2.07. The van der Waals surface area contributed by atoms with Crippen LogP contribution in [0.5, 0.6) is 5.75 Å². The summed E-state index contributed by atoms with van der Waals surface area (Å²) >= 11 is 5.17. The number of amides is 1. The Morgan fingerprint density at radius 1 is 1.39 bits per heavy atom. The number of halogens is 1. The molecule has 2 aromatic rings. The van der Waals surface area contributed by atoms with Gasteiger partial charge in [0.05, 0.1) is 18.7 Å². The molecule has 0 saturated heterocycles. The van der Waals surface area contributed by atoms with Crippen molar-refractivity contribution < 1.29 is 9.53 Å². The van der Waals surface area contributed by atoms with Crippen LogP contribution in [-0.4, -0.2) is 40.8 Å². The Balaban J connectivity index is 1.50. The summed E-state index contributed by atoms with van der Waals surface area (Å²) in [4.78, 5) is 11.7. The SMILES string of the molecule is Cc1cc(CC(=O)NCCSCCOc2cccc(Br)c2)n[nH]1. The number of aryl methyl sites for hydroxylation is 1. The van der Waals surface area contributed by atoms with Gasteiger partial charge in [0.2, 0.25) is 5.91 Å². The van der Waals surface area contributed by atoms with E-state index in [1.54, 1.807) is 11.8 Å². The summed E-state index contributed by atoms with van der Waals surface area (Å²) in [6.07, 6.45) is 0.320. The molecular formula is C16H20BrN3O2S. The molecule has 1 aromatic carbocycles. The van der Waals surface area contributed by atoms with Gasteiger partial charge in [0, 0.05) is 28.2 Å². The first-order valence-electron chi connectivity index (χ1n) is 7.37. The highest BCUT2D eigenvalue weighted by Gasteiger charge is 2.05. The highest BCUT2D eigenvalue weighted by molar-refractivity contribution is 9.10. The Morgan fingerprint density at radius 2 is 2.26 bits per heavy atom. The van der Waals surface area contributed by atoms with Crippen LogP contribution in [0, 0.1) is 6.92 Å². The van der Waals surface area contributed by atoms with E-state index in [1.807, 2.05) is 37.3 Å². The van der Waals surface area contributed by atoms with Gasteiger partial charge >= 0.3 is 0 Å². The third-order valence-corrected chi connectivity index (χ3v) is 4.40. The molecule has 0 aliphatic heterocycles. The summed E-state index contributed by atoms with van der Waals surface area (Å²) in [6, 6.07) is 9.68. The minimum Gasteiger partial charge on any atom is -0.493 e. The molecule has 0 spiro atoms. The number of H-pyrrole nitrogens is 1. The van der Waals surface area contributed by atoms with Crippen LogP contribution in [0.1, 0.15) is 11.4 Å². The van der Waals surface area contributed by atoms with Gasteiger partial charge in [0.25, 0.3) is 0 Å². The van der Waals surface area contributed by atoms with Crippen molar-refractivity contribution in [1.82, 2.24) is 15.5 Å². The van der Waals surface area contributed by atoms with E-state index in [-0.39, 0.29) is 5.91 Å². The summed E-state index contributed by atoms with van der Waals surface area (Å²) < 4.78 is 6.66. The molecule has 0 unspecified atom stereocenters. The van der Waals surface area contributed by atoms with Crippen LogP contribution in [0.3, 0.4) is 0 Å². The number of benzene rings is 1. The Hall–Kier alpha value is -1.47. The van der Waals surface area contributed by atoms with E-state index < -0.39 is 0 Å². The topological polar surface area (TPSA) is 67.0 Å². The quantitative estimate of drug-likeness (QED) is 0.638. The first kappa shape index (κ1) is 17.9. The number of carbonyl (C=O) groups excluding carboxylic acids is 1. The van der Waals surface area contributed by atoms with E-state index in [0.29, 0.717) is 19.6 Å². The van der Waals surface area contributed by atoms with E-state index in [1.165, 1.54) is 0 Å². The van der Waals surface area contributed by atoms with E-state index in [9.17, 15) is 4.79 Å². The number of hydrogen-bond donors (Lipinski definition) is 2. The molecule has 5 nitrogen and oxygen atoms in total. The largest absolute Gasteiger partial charge is 0.493 e. The van der Waals surface area contributed by atoms with Crippen molar-refractivity contribution in [1.29, 1.82) is 0 Å². The second-order valence-electron chi connectivity index (χ2n) is 4.99. The third kappa shape index (κ3) is 7.09. The normalized spacial score (nSPS) is 10.5. The molecule has 0 aliphatic carbocycles. The van der Waals surface area contributed by atoms with Gasteiger partial charge in [-0.25, -0.2) is 0 Å². The van der Waals surface area contributed by atoms with Crippen molar-refractivity contribution in [3.05, 3.63) is 46.2 Å². The molecule has 0 aliphatic rings. The lowest BCUT2D eigenvalue weighted by atomic mass is 10.3. The number of nitrogens with zero attached hydrogens (tertiary/aromatic N) is 1. The van der Waals surface area contributed by atoms with Crippen LogP contribution in [0.25, 0.3) is 0 Å². The van der Waals surface area contributed by atoms with Gasteiger partial charge in [-0.05, 0) is 31.2 Å². The summed E-state index contributed by atoms with van der Waals surface area (Å²) in [5.41, 5.74) is 1.74. The monoisotopic (exact) mass is 397 g/mol. The van der Waals surface area contributed by atoms with Crippen LogP contribution in [0.2, 0.25) is 0 Å². The molecule has 1 amide bonds. The van der Waals surface area contributed by atoms with Crippen molar-refractivity contribution in [3.63, 3.8) is 0 Å². The zero-order valence-electron chi connectivity index (χ0n) is 13.0. The first-order valence-corrected chi connectivity index (χ1v) is 9.32. The molecule has 2 rings (SSSR count). The van der Waals surface area contributed by atoms with Gasteiger partial charge < -0.3 is 10.1 Å². The zero-order chi connectivity index (χ0) is 16.5. The second kappa shape index (κ2) is 9.62. The number of ether oxygens (including phenoxy) is 1. The maximum Gasteiger partial charge on any atom is 0.226 e. The van der Waals surface area contributed by atoms with Crippen LogP contribution >= 0.6 is 27.7 Å². The van der Waals surface area contributed by atoms with Gasteiger partial charge in [0.15, 0.2) is 0 Å². The predicted molar refractivity (Wildman–Crippen MR) is 97.0 cm³/mol. The summed E-state index contributed by atoms with van der Waals surface area (Å²) in [6.45, 7) is 3.23. The molecule has 1 heterocycles. The predicted octanol–water partition coefficient (Wildman–Crippen LogP) is 2.95. The fourth-order valence-electron chi connectivity index (χ4n) is 1.93. The molecular weight excluding hydrogens is 378 g/mol. The Kier molecular flexibility index (Phi) is 7.48. The standard InChI is InChI=1S/C16H20BrN3O2S/c1-12-9-14(20-19-12)11-16(21)18-5-7-23-8-6-22-15-4-2-3-13(17)10-15/h2-4,9-10H,5-8,11H2,1H3,(H,18,21)(H,19,20). The highest BCUT2D eigenvalue weighted by atomic mass is 79.9. The molecule has 0 atom stereocenters. The minimum atomic E-state index is 0.00230. The van der Waals surface area contributed by atoms with Gasteiger partial charge in [0.1, 0.15) is 5.75 Å². The third-order valence-electron chi connectivity index (χ3n) is 2.96. The fourth-order valence-corrected chi connectivity index (χ4v) is 2.96.